The van der Waals surface area contributed by atoms with E-state index in [9.17, 15) is 4.57 Å². The molecule has 0 fully saturated rings. The van der Waals surface area contributed by atoms with Gasteiger partial charge in [-0.15, -0.1) is 0 Å². The minimum Gasteiger partial charge on any atom is -0.321 e. The molecule has 0 heterocycles. The Bertz CT molecular complexity index is 262. The smallest absolute Gasteiger partial charge is 0.254 e. The summed E-state index contributed by atoms with van der Waals surface area (Å²) in [5.74, 6) is 1.30. The van der Waals surface area contributed by atoms with Crippen molar-refractivity contribution in [2.24, 2.45) is 5.92 Å². The molecule has 0 saturated carbocycles. The molecule has 0 aromatic heterocycles. The summed E-state index contributed by atoms with van der Waals surface area (Å²) in [6, 6.07) is 1.05. The van der Waals surface area contributed by atoms with E-state index in [2.05, 4.69) is 46.4 Å². The van der Waals surface area contributed by atoms with Crippen molar-refractivity contribution in [2.75, 3.05) is 25.6 Å². The molecule has 1 unspecified atom stereocenters. The average molecular weight is 295 g/mol. The monoisotopic (exact) mass is 295 g/mol. The Morgan fingerprint density at radius 1 is 1.11 bits per heavy atom. The van der Waals surface area contributed by atoms with E-state index >= 15 is 0 Å². The first-order chi connectivity index (χ1) is 8.15. The van der Waals surface area contributed by atoms with Gasteiger partial charge < -0.3 is 4.52 Å². The van der Waals surface area contributed by atoms with Gasteiger partial charge in [0, 0.05) is 31.0 Å². The SMILES string of the molecule is CC(C)COP(C)(=O)SCCN(C(C)C)C(C)C. The Morgan fingerprint density at radius 3 is 2.00 bits per heavy atom. The van der Waals surface area contributed by atoms with Gasteiger partial charge in [0.1, 0.15) is 0 Å². The Labute approximate surface area is 117 Å². The van der Waals surface area contributed by atoms with Crippen LogP contribution in [0.25, 0.3) is 0 Å². The molecule has 0 radical (unpaired) electrons. The summed E-state index contributed by atoms with van der Waals surface area (Å²) in [5, 5.41) is 0. The van der Waals surface area contributed by atoms with Crippen molar-refractivity contribution >= 4 is 18.0 Å². The van der Waals surface area contributed by atoms with Crippen LogP contribution in [0.1, 0.15) is 41.5 Å². The van der Waals surface area contributed by atoms with E-state index in [1.54, 1.807) is 6.66 Å². The van der Waals surface area contributed by atoms with Gasteiger partial charge in [-0.05, 0) is 33.6 Å². The molecule has 0 aliphatic heterocycles. The van der Waals surface area contributed by atoms with Crippen molar-refractivity contribution in [3.05, 3.63) is 0 Å². The molecule has 18 heavy (non-hydrogen) atoms. The molecule has 0 aromatic rings. The molecule has 5 heteroatoms. The second-order valence-electron chi connectivity index (χ2n) is 5.72. The van der Waals surface area contributed by atoms with E-state index in [4.69, 9.17) is 4.52 Å². The molecular weight excluding hydrogens is 265 g/mol. The molecular formula is C13H30NO2PS. The lowest BCUT2D eigenvalue weighted by molar-refractivity contribution is 0.187. The molecule has 0 aromatic carbocycles. The van der Waals surface area contributed by atoms with Crippen molar-refractivity contribution in [2.45, 2.75) is 53.6 Å². The molecule has 0 rings (SSSR count). The third-order valence-corrected chi connectivity index (χ3v) is 6.37. The average Bonchev–Trinajstić information content (AvgIpc) is 2.20. The maximum atomic E-state index is 12.2. The Hall–Kier alpha value is 0.500. The molecule has 0 bridgehead atoms. The normalized spacial score (nSPS) is 15.9. The van der Waals surface area contributed by atoms with Crippen LogP contribution in [0, 0.1) is 5.92 Å². The fourth-order valence-electron chi connectivity index (χ4n) is 1.75. The third-order valence-electron chi connectivity index (χ3n) is 2.64. The molecule has 3 nitrogen and oxygen atoms in total. The molecule has 0 aliphatic rings. The first-order valence-corrected chi connectivity index (χ1v) is 10.4. The zero-order chi connectivity index (χ0) is 14.3. The van der Waals surface area contributed by atoms with E-state index in [1.807, 2.05) is 0 Å². The van der Waals surface area contributed by atoms with Crippen LogP contribution in [0.15, 0.2) is 0 Å². The quantitative estimate of drug-likeness (QED) is 0.592. The fraction of sp³-hybridized carbons (Fsp3) is 1.00. The predicted octanol–water partition coefficient (Wildman–Crippen LogP) is 4.33. The van der Waals surface area contributed by atoms with Crippen molar-refractivity contribution in [3.8, 4) is 0 Å². The molecule has 0 aliphatic carbocycles. The number of nitrogens with zero attached hydrogens (tertiary/aromatic N) is 1. The van der Waals surface area contributed by atoms with E-state index in [0.29, 0.717) is 24.6 Å². The van der Waals surface area contributed by atoms with Gasteiger partial charge in [0.25, 0.3) is 6.57 Å². The Morgan fingerprint density at radius 2 is 1.61 bits per heavy atom. The van der Waals surface area contributed by atoms with Crippen molar-refractivity contribution in [1.29, 1.82) is 0 Å². The van der Waals surface area contributed by atoms with Gasteiger partial charge in [-0.1, -0.05) is 25.2 Å². The fourth-order valence-corrected chi connectivity index (χ4v) is 4.66. The Balaban J connectivity index is 4.04. The van der Waals surface area contributed by atoms with Crippen molar-refractivity contribution in [1.82, 2.24) is 4.90 Å². The van der Waals surface area contributed by atoms with Gasteiger partial charge in [-0.2, -0.15) is 0 Å². The minimum absolute atomic E-state index is 0.432. The lowest BCUT2D eigenvalue weighted by atomic mass is 10.2. The largest absolute Gasteiger partial charge is 0.321 e. The number of rotatable bonds is 9. The van der Waals surface area contributed by atoms with E-state index in [1.165, 1.54) is 11.4 Å². The summed E-state index contributed by atoms with van der Waals surface area (Å²) in [5.41, 5.74) is 0. The van der Waals surface area contributed by atoms with Crippen LogP contribution in [-0.4, -0.2) is 42.6 Å². The molecule has 1 atom stereocenters. The van der Waals surface area contributed by atoms with Gasteiger partial charge in [0.05, 0.1) is 6.61 Å². The Kier molecular flexibility index (Phi) is 8.87. The number of hydrogen-bond donors (Lipinski definition) is 0. The van der Waals surface area contributed by atoms with Crippen LogP contribution >= 0.6 is 18.0 Å². The van der Waals surface area contributed by atoms with Crippen LogP contribution in [0.2, 0.25) is 0 Å². The summed E-state index contributed by atoms with van der Waals surface area (Å²) in [6.45, 7) is 13.7. The maximum Gasteiger partial charge on any atom is 0.254 e. The second kappa shape index (κ2) is 8.63. The van der Waals surface area contributed by atoms with Crippen LogP contribution in [0.5, 0.6) is 0 Å². The first-order valence-electron chi connectivity index (χ1n) is 6.78. The van der Waals surface area contributed by atoms with Crippen LogP contribution in [0.3, 0.4) is 0 Å². The highest BCUT2D eigenvalue weighted by Crippen LogP contribution is 2.56. The van der Waals surface area contributed by atoms with Crippen molar-refractivity contribution < 1.29 is 9.09 Å². The lowest BCUT2D eigenvalue weighted by Crippen LogP contribution is -2.38. The molecule has 110 valence electrons. The minimum atomic E-state index is -2.47. The van der Waals surface area contributed by atoms with E-state index in [0.717, 1.165) is 12.3 Å². The molecule has 0 N–H and O–H groups in total. The summed E-state index contributed by atoms with van der Waals surface area (Å²) in [4.78, 5) is 2.41. The zero-order valence-electron chi connectivity index (χ0n) is 13.0. The molecule has 0 amide bonds. The predicted molar refractivity (Wildman–Crippen MR) is 83.8 cm³/mol. The highest BCUT2D eigenvalue weighted by atomic mass is 32.7. The zero-order valence-corrected chi connectivity index (χ0v) is 14.7. The van der Waals surface area contributed by atoms with E-state index < -0.39 is 6.57 Å². The number of hydrogen-bond acceptors (Lipinski definition) is 4. The summed E-state index contributed by atoms with van der Waals surface area (Å²) in [7, 11) is 0. The van der Waals surface area contributed by atoms with Gasteiger partial charge in [-0.25, -0.2) is 0 Å². The van der Waals surface area contributed by atoms with Crippen LogP contribution in [0.4, 0.5) is 0 Å². The summed E-state index contributed by atoms with van der Waals surface area (Å²) >= 11 is 1.48. The van der Waals surface area contributed by atoms with Gasteiger partial charge in [-0.3, -0.25) is 9.46 Å². The highest BCUT2D eigenvalue weighted by molar-refractivity contribution is 8.56. The molecule has 0 saturated heterocycles. The standard InChI is InChI=1S/C13H30NO2PS/c1-11(2)10-16-17(7,15)18-9-8-14(12(3)4)13(5)6/h11-13H,8-10H2,1-7H3. The van der Waals surface area contributed by atoms with Gasteiger partial charge in [0.2, 0.25) is 0 Å². The highest BCUT2D eigenvalue weighted by Gasteiger charge is 2.19. The van der Waals surface area contributed by atoms with Crippen LogP contribution in [-0.2, 0) is 9.09 Å². The van der Waals surface area contributed by atoms with Crippen molar-refractivity contribution in [3.63, 3.8) is 0 Å². The molecule has 0 spiro atoms. The summed E-state index contributed by atoms with van der Waals surface area (Å²) < 4.78 is 17.7. The van der Waals surface area contributed by atoms with Gasteiger partial charge in [0.15, 0.2) is 0 Å². The summed E-state index contributed by atoms with van der Waals surface area (Å²) in [6.07, 6.45) is 0. The topological polar surface area (TPSA) is 29.5 Å². The maximum absolute atomic E-state index is 12.2. The first kappa shape index (κ1) is 18.5. The van der Waals surface area contributed by atoms with E-state index in [-0.39, 0.29) is 0 Å². The second-order valence-corrected chi connectivity index (χ2v) is 11.0. The third kappa shape index (κ3) is 8.58. The van der Waals surface area contributed by atoms with Crippen LogP contribution < -0.4 is 0 Å². The lowest BCUT2D eigenvalue weighted by Gasteiger charge is -2.30. The van der Waals surface area contributed by atoms with Gasteiger partial charge >= 0.3 is 0 Å².